The summed E-state index contributed by atoms with van der Waals surface area (Å²) in [6, 6.07) is 18.6. The molecule has 106 valence electrons. The van der Waals surface area contributed by atoms with Gasteiger partial charge in [-0.05, 0) is 43.0 Å². The Morgan fingerprint density at radius 1 is 1.05 bits per heavy atom. The summed E-state index contributed by atoms with van der Waals surface area (Å²) >= 11 is 5.17. The van der Waals surface area contributed by atoms with Crippen LogP contribution in [-0.4, -0.2) is 17.0 Å². The van der Waals surface area contributed by atoms with Crippen molar-refractivity contribution in [2.24, 2.45) is 0 Å². The third kappa shape index (κ3) is 5.70. The van der Waals surface area contributed by atoms with Crippen LogP contribution in [0.1, 0.15) is 18.4 Å². The molecule has 3 heteroatoms. The van der Waals surface area contributed by atoms with E-state index in [1.807, 2.05) is 18.2 Å². The molecule has 1 nitrogen and oxygen atoms in total. The Hall–Kier alpha value is -0.770. The van der Waals surface area contributed by atoms with Gasteiger partial charge in [0.25, 0.3) is 0 Å². The summed E-state index contributed by atoms with van der Waals surface area (Å²) in [5.74, 6) is 0.755. The molecule has 0 aliphatic carbocycles. The van der Waals surface area contributed by atoms with Crippen molar-refractivity contribution in [2.75, 3.05) is 5.75 Å². The molecule has 0 aliphatic heterocycles. The largest absolute Gasteiger partial charge is 0.392 e. The number of thioether (sulfide) groups is 1. The molecule has 20 heavy (non-hydrogen) atoms. The van der Waals surface area contributed by atoms with Gasteiger partial charge in [-0.2, -0.15) is 0 Å². The van der Waals surface area contributed by atoms with Crippen LogP contribution >= 0.6 is 27.7 Å². The molecular formula is C17H19BrOS. The Kier molecular flexibility index (Phi) is 6.64. The van der Waals surface area contributed by atoms with E-state index in [-0.39, 0.29) is 6.10 Å². The third-order valence-electron chi connectivity index (χ3n) is 3.08. The highest BCUT2D eigenvalue weighted by molar-refractivity contribution is 9.10. The fraction of sp³-hybridized carbons (Fsp3) is 0.294. The average Bonchev–Trinajstić information content (AvgIpc) is 2.46. The van der Waals surface area contributed by atoms with Crippen molar-refractivity contribution in [1.29, 1.82) is 0 Å². The number of aryl methyl sites for hydroxylation is 1. The molecule has 1 N–H and O–H groups in total. The van der Waals surface area contributed by atoms with Gasteiger partial charge in [-0.1, -0.05) is 52.3 Å². The van der Waals surface area contributed by atoms with E-state index >= 15 is 0 Å². The first kappa shape index (κ1) is 15.6. The van der Waals surface area contributed by atoms with Gasteiger partial charge < -0.3 is 5.11 Å². The van der Waals surface area contributed by atoms with Crippen molar-refractivity contribution in [3.63, 3.8) is 0 Å². The summed E-state index contributed by atoms with van der Waals surface area (Å²) in [5, 5.41) is 10.0. The maximum atomic E-state index is 10.0. The molecule has 1 unspecified atom stereocenters. The quantitative estimate of drug-likeness (QED) is 0.714. The molecule has 0 saturated carbocycles. The van der Waals surface area contributed by atoms with Crippen LogP contribution in [0.3, 0.4) is 0 Å². The van der Waals surface area contributed by atoms with Crippen LogP contribution in [-0.2, 0) is 6.42 Å². The lowest BCUT2D eigenvalue weighted by atomic mass is 10.1. The molecule has 1 atom stereocenters. The monoisotopic (exact) mass is 350 g/mol. The van der Waals surface area contributed by atoms with Gasteiger partial charge >= 0.3 is 0 Å². The van der Waals surface area contributed by atoms with E-state index in [1.54, 1.807) is 11.8 Å². The molecule has 2 rings (SSSR count). The van der Waals surface area contributed by atoms with Gasteiger partial charge in [0.05, 0.1) is 6.10 Å². The van der Waals surface area contributed by atoms with Crippen molar-refractivity contribution < 1.29 is 5.11 Å². The second kappa shape index (κ2) is 8.50. The Balaban J connectivity index is 1.67. The highest BCUT2D eigenvalue weighted by Crippen LogP contribution is 2.23. The van der Waals surface area contributed by atoms with Crippen LogP contribution in [0.2, 0.25) is 0 Å². The highest BCUT2D eigenvalue weighted by atomic mass is 79.9. The zero-order valence-electron chi connectivity index (χ0n) is 11.3. The van der Waals surface area contributed by atoms with Crippen LogP contribution in [0.4, 0.5) is 0 Å². The zero-order valence-corrected chi connectivity index (χ0v) is 13.7. The zero-order chi connectivity index (χ0) is 14.2. The first-order valence-corrected chi connectivity index (χ1v) is 8.62. The van der Waals surface area contributed by atoms with Gasteiger partial charge in [-0.3, -0.25) is 0 Å². The van der Waals surface area contributed by atoms with E-state index in [4.69, 9.17) is 0 Å². The van der Waals surface area contributed by atoms with Crippen molar-refractivity contribution in [2.45, 2.75) is 30.3 Å². The minimum Gasteiger partial charge on any atom is -0.392 e. The lowest BCUT2D eigenvalue weighted by Crippen LogP contribution is -2.10. The van der Waals surface area contributed by atoms with Gasteiger partial charge in [0.2, 0.25) is 0 Å². The minimum atomic E-state index is -0.234. The number of rotatable bonds is 7. The molecule has 0 heterocycles. The lowest BCUT2D eigenvalue weighted by Gasteiger charge is -2.10. The summed E-state index contributed by atoms with van der Waals surface area (Å²) in [7, 11) is 0. The molecule has 0 fully saturated rings. The van der Waals surface area contributed by atoms with E-state index in [2.05, 4.69) is 52.3 Å². The Morgan fingerprint density at radius 2 is 1.85 bits per heavy atom. The van der Waals surface area contributed by atoms with Gasteiger partial charge in [0.1, 0.15) is 0 Å². The normalized spacial score (nSPS) is 12.3. The van der Waals surface area contributed by atoms with Crippen LogP contribution in [0.15, 0.2) is 64.0 Å². The predicted molar refractivity (Wildman–Crippen MR) is 90.3 cm³/mol. The minimum absolute atomic E-state index is 0.234. The second-order valence-corrected chi connectivity index (χ2v) is 6.81. The van der Waals surface area contributed by atoms with Crippen LogP contribution in [0, 0.1) is 0 Å². The Morgan fingerprint density at radius 3 is 2.60 bits per heavy atom. The molecule has 2 aromatic carbocycles. The summed E-state index contributed by atoms with van der Waals surface area (Å²) < 4.78 is 1.08. The van der Waals surface area contributed by atoms with Gasteiger partial charge in [0, 0.05) is 15.1 Å². The summed E-state index contributed by atoms with van der Waals surface area (Å²) in [6.45, 7) is 0. The van der Waals surface area contributed by atoms with Crippen molar-refractivity contribution in [1.82, 2.24) is 0 Å². The van der Waals surface area contributed by atoms with E-state index < -0.39 is 0 Å². The first-order chi connectivity index (χ1) is 9.74. The fourth-order valence-electron chi connectivity index (χ4n) is 2.02. The van der Waals surface area contributed by atoms with E-state index in [0.29, 0.717) is 0 Å². The molecule has 0 bridgehead atoms. The number of benzene rings is 2. The molecule has 0 radical (unpaired) electrons. The topological polar surface area (TPSA) is 20.2 Å². The van der Waals surface area contributed by atoms with Crippen LogP contribution in [0.5, 0.6) is 0 Å². The second-order valence-electron chi connectivity index (χ2n) is 4.80. The maximum absolute atomic E-state index is 10.0. The number of aliphatic hydroxyl groups excluding tert-OH is 1. The molecule has 0 saturated heterocycles. The number of halogens is 1. The average molecular weight is 351 g/mol. The molecule has 2 aromatic rings. The van der Waals surface area contributed by atoms with E-state index in [1.165, 1.54) is 10.5 Å². The SMILES string of the molecule is OC(CCCc1ccccc1)CSc1cccc(Br)c1. The summed E-state index contributed by atoms with van der Waals surface area (Å²) in [4.78, 5) is 1.20. The third-order valence-corrected chi connectivity index (χ3v) is 4.72. The summed E-state index contributed by atoms with van der Waals surface area (Å²) in [6.07, 6.45) is 2.70. The maximum Gasteiger partial charge on any atom is 0.0634 e. The smallest absolute Gasteiger partial charge is 0.0634 e. The number of hydrogen-bond donors (Lipinski definition) is 1. The molecule has 0 aromatic heterocycles. The van der Waals surface area contributed by atoms with Gasteiger partial charge in [-0.25, -0.2) is 0 Å². The first-order valence-electron chi connectivity index (χ1n) is 6.84. The number of aliphatic hydroxyl groups is 1. The predicted octanol–water partition coefficient (Wildman–Crippen LogP) is 4.93. The van der Waals surface area contributed by atoms with Crippen molar-refractivity contribution in [3.8, 4) is 0 Å². The number of hydrogen-bond acceptors (Lipinski definition) is 2. The molecule has 0 aliphatic rings. The molecular weight excluding hydrogens is 332 g/mol. The highest BCUT2D eigenvalue weighted by Gasteiger charge is 2.05. The van der Waals surface area contributed by atoms with E-state index in [9.17, 15) is 5.11 Å². The molecule has 0 spiro atoms. The Bertz CT molecular complexity index is 515. The Labute approximate surface area is 133 Å². The summed E-state index contributed by atoms with van der Waals surface area (Å²) in [5.41, 5.74) is 1.35. The van der Waals surface area contributed by atoms with E-state index in [0.717, 1.165) is 29.5 Å². The van der Waals surface area contributed by atoms with Crippen molar-refractivity contribution in [3.05, 3.63) is 64.6 Å². The lowest BCUT2D eigenvalue weighted by molar-refractivity contribution is 0.186. The van der Waals surface area contributed by atoms with Crippen molar-refractivity contribution >= 4 is 27.7 Å². The molecule has 0 amide bonds. The van der Waals surface area contributed by atoms with Crippen LogP contribution in [0.25, 0.3) is 0 Å². The van der Waals surface area contributed by atoms with Gasteiger partial charge in [0.15, 0.2) is 0 Å². The standard InChI is InChI=1S/C17H19BrOS/c18-15-9-5-11-17(12-15)20-13-16(19)10-4-8-14-6-2-1-3-7-14/h1-3,5-7,9,11-12,16,19H,4,8,10,13H2. The van der Waals surface area contributed by atoms with Crippen LogP contribution < -0.4 is 0 Å². The fourth-order valence-corrected chi connectivity index (χ4v) is 3.51. The van der Waals surface area contributed by atoms with Gasteiger partial charge in [-0.15, -0.1) is 11.8 Å².